The molecule has 0 saturated carbocycles. The fourth-order valence-electron chi connectivity index (χ4n) is 1.50. The van der Waals surface area contributed by atoms with Gasteiger partial charge in [0.25, 0.3) is 0 Å². The van der Waals surface area contributed by atoms with Crippen LogP contribution < -0.4 is 5.32 Å². The Morgan fingerprint density at radius 2 is 2.07 bits per heavy atom. The van der Waals surface area contributed by atoms with E-state index in [0.717, 1.165) is 12.0 Å². The Balaban J connectivity index is 2.60. The molecule has 1 aromatic rings. The first kappa shape index (κ1) is 11.2. The van der Waals surface area contributed by atoms with Crippen molar-refractivity contribution in [1.29, 1.82) is 0 Å². The third-order valence-electron chi connectivity index (χ3n) is 2.76. The number of nitrogens with one attached hydrogen (secondary N) is 1. The van der Waals surface area contributed by atoms with Crippen LogP contribution >= 0.6 is 0 Å². The van der Waals surface area contributed by atoms with Crippen LogP contribution in [0.5, 0.6) is 0 Å². The molecule has 2 heteroatoms. The van der Waals surface area contributed by atoms with E-state index in [-0.39, 0.29) is 5.82 Å². The van der Waals surface area contributed by atoms with Gasteiger partial charge in [0.15, 0.2) is 0 Å². The Hall–Kier alpha value is -0.890. The highest BCUT2D eigenvalue weighted by atomic mass is 19.1. The van der Waals surface area contributed by atoms with E-state index in [4.69, 9.17) is 0 Å². The first-order chi connectivity index (χ1) is 6.63. The maximum absolute atomic E-state index is 12.9. The van der Waals surface area contributed by atoms with Crippen molar-refractivity contribution in [3.05, 3.63) is 35.6 Å². The highest BCUT2D eigenvalue weighted by molar-refractivity contribution is 5.16. The van der Waals surface area contributed by atoms with Gasteiger partial charge < -0.3 is 5.32 Å². The lowest BCUT2D eigenvalue weighted by molar-refractivity contribution is 0.423. The van der Waals surface area contributed by atoms with Crippen molar-refractivity contribution in [1.82, 2.24) is 5.32 Å². The third kappa shape index (κ3) is 3.11. The monoisotopic (exact) mass is 195 g/mol. The van der Waals surface area contributed by atoms with E-state index in [1.807, 2.05) is 13.1 Å². The van der Waals surface area contributed by atoms with Crippen LogP contribution in [-0.2, 0) is 6.42 Å². The van der Waals surface area contributed by atoms with Crippen molar-refractivity contribution >= 4 is 0 Å². The Morgan fingerprint density at radius 1 is 1.36 bits per heavy atom. The predicted octanol–water partition coefficient (Wildman–Crippen LogP) is 2.61. The van der Waals surface area contributed by atoms with Crippen molar-refractivity contribution in [2.45, 2.75) is 26.3 Å². The molecule has 2 atom stereocenters. The summed E-state index contributed by atoms with van der Waals surface area (Å²) in [5.41, 5.74) is 1.07. The molecule has 0 amide bonds. The lowest BCUT2D eigenvalue weighted by atomic mass is 9.95. The average Bonchev–Trinajstić information content (AvgIpc) is 2.16. The fraction of sp³-hybridized carbons (Fsp3) is 0.500. The Labute approximate surface area is 85.3 Å². The topological polar surface area (TPSA) is 12.0 Å². The van der Waals surface area contributed by atoms with Gasteiger partial charge in [-0.05, 0) is 44.0 Å². The van der Waals surface area contributed by atoms with Crippen LogP contribution in [0.1, 0.15) is 19.4 Å². The van der Waals surface area contributed by atoms with Crippen molar-refractivity contribution < 1.29 is 4.39 Å². The highest BCUT2D eigenvalue weighted by Gasteiger charge is 2.10. The summed E-state index contributed by atoms with van der Waals surface area (Å²) in [5, 5.41) is 3.21. The summed E-state index contributed by atoms with van der Waals surface area (Å²) in [7, 11) is 1.95. The van der Waals surface area contributed by atoms with Crippen molar-refractivity contribution in [2.24, 2.45) is 5.92 Å². The molecule has 78 valence electrons. The van der Waals surface area contributed by atoms with Gasteiger partial charge in [0.2, 0.25) is 0 Å². The molecule has 1 N–H and O–H groups in total. The molecule has 2 unspecified atom stereocenters. The number of rotatable bonds is 4. The van der Waals surface area contributed by atoms with Gasteiger partial charge in [-0.1, -0.05) is 19.1 Å². The molecule has 0 aliphatic carbocycles. The molecule has 14 heavy (non-hydrogen) atoms. The molecular weight excluding hydrogens is 177 g/mol. The quantitative estimate of drug-likeness (QED) is 0.778. The molecule has 0 aliphatic heterocycles. The summed E-state index contributed by atoms with van der Waals surface area (Å²) < 4.78 is 12.9. The summed E-state index contributed by atoms with van der Waals surface area (Å²) in [6.07, 6.45) is 0.916. The van der Waals surface area contributed by atoms with E-state index >= 15 is 0 Å². The number of hydrogen-bond acceptors (Lipinski definition) is 1. The summed E-state index contributed by atoms with van der Waals surface area (Å²) in [6.45, 7) is 4.32. The molecule has 0 aromatic heterocycles. The second-order valence-corrected chi connectivity index (χ2v) is 3.89. The molecule has 1 rings (SSSR count). The highest BCUT2D eigenvalue weighted by Crippen LogP contribution is 2.12. The van der Waals surface area contributed by atoms with Crippen LogP contribution in [0, 0.1) is 11.7 Å². The minimum atomic E-state index is -0.146. The van der Waals surface area contributed by atoms with Gasteiger partial charge in [0.1, 0.15) is 5.82 Å². The molecule has 0 saturated heterocycles. The van der Waals surface area contributed by atoms with Crippen LogP contribution in [0.25, 0.3) is 0 Å². The molecule has 1 aromatic carbocycles. The van der Waals surface area contributed by atoms with Gasteiger partial charge >= 0.3 is 0 Å². The Kier molecular flexibility index (Phi) is 4.08. The predicted molar refractivity (Wildman–Crippen MR) is 57.8 cm³/mol. The molecular formula is C12H18FN. The lowest BCUT2D eigenvalue weighted by Crippen LogP contribution is -2.29. The number of halogens is 1. The van der Waals surface area contributed by atoms with E-state index < -0.39 is 0 Å². The lowest BCUT2D eigenvalue weighted by Gasteiger charge is -2.19. The van der Waals surface area contributed by atoms with Crippen LogP contribution in [-0.4, -0.2) is 13.1 Å². The number of benzene rings is 1. The van der Waals surface area contributed by atoms with Gasteiger partial charge in [0.05, 0.1) is 0 Å². The molecule has 0 spiro atoms. The molecule has 0 bridgehead atoms. The molecule has 0 aliphatic rings. The van der Waals surface area contributed by atoms with E-state index in [0.29, 0.717) is 12.0 Å². The standard InChI is InChI=1S/C12H18FN/c1-9(10(2)14-3)7-11-5-4-6-12(13)8-11/h4-6,8-10,14H,7H2,1-3H3. The zero-order chi connectivity index (χ0) is 10.6. The Morgan fingerprint density at radius 3 is 2.64 bits per heavy atom. The van der Waals surface area contributed by atoms with Gasteiger partial charge in [-0.15, -0.1) is 0 Å². The summed E-state index contributed by atoms with van der Waals surface area (Å²) in [5.74, 6) is 0.369. The van der Waals surface area contributed by atoms with Gasteiger partial charge in [0, 0.05) is 6.04 Å². The largest absolute Gasteiger partial charge is 0.317 e. The van der Waals surface area contributed by atoms with Crippen molar-refractivity contribution in [3.8, 4) is 0 Å². The Bertz CT molecular complexity index is 285. The maximum atomic E-state index is 12.9. The SMILES string of the molecule is CNC(C)C(C)Cc1cccc(F)c1. The molecule has 0 heterocycles. The van der Waals surface area contributed by atoms with E-state index in [2.05, 4.69) is 19.2 Å². The first-order valence-electron chi connectivity index (χ1n) is 5.05. The van der Waals surface area contributed by atoms with Gasteiger partial charge in [-0.3, -0.25) is 0 Å². The van der Waals surface area contributed by atoms with Crippen LogP contribution in [0.3, 0.4) is 0 Å². The van der Waals surface area contributed by atoms with Gasteiger partial charge in [-0.2, -0.15) is 0 Å². The summed E-state index contributed by atoms with van der Waals surface area (Å²) >= 11 is 0. The second-order valence-electron chi connectivity index (χ2n) is 3.89. The molecule has 0 radical (unpaired) electrons. The average molecular weight is 195 g/mol. The van der Waals surface area contributed by atoms with Crippen LogP contribution in [0.15, 0.2) is 24.3 Å². The molecule has 0 fully saturated rings. The number of hydrogen-bond donors (Lipinski definition) is 1. The van der Waals surface area contributed by atoms with Gasteiger partial charge in [-0.25, -0.2) is 4.39 Å². The van der Waals surface area contributed by atoms with E-state index in [1.54, 1.807) is 12.1 Å². The normalized spacial score (nSPS) is 15.1. The smallest absolute Gasteiger partial charge is 0.123 e. The zero-order valence-electron chi connectivity index (χ0n) is 9.05. The third-order valence-corrected chi connectivity index (χ3v) is 2.76. The fourth-order valence-corrected chi connectivity index (χ4v) is 1.50. The van der Waals surface area contributed by atoms with E-state index in [1.165, 1.54) is 6.07 Å². The zero-order valence-corrected chi connectivity index (χ0v) is 9.05. The van der Waals surface area contributed by atoms with Crippen LogP contribution in [0.2, 0.25) is 0 Å². The summed E-state index contributed by atoms with van der Waals surface area (Å²) in [4.78, 5) is 0. The summed E-state index contributed by atoms with van der Waals surface area (Å²) in [6, 6.07) is 7.29. The van der Waals surface area contributed by atoms with Crippen molar-refractivity contribution in [3.63, 3.8) is 0 Å². The minimum absolute atomic E-state index is 0.146. The molecule has 1 nitrogen and oxygen atoms in total. The minimum Gasteiger partial charge on any atom is -0.317 e. The maximum Gasteiger partial charge on any atom is 0.123 e. The van der Waals surface area contributed by atoms with Crippen molar-refractivity contribution in [2.75, 3.05) is 7.05 Å². The first-order valence-corrected chi connectivity index (χ1v) is 5.05. The second kappa shape index (κ2) is 5.11. The van der Waals surface area contributed by atoms with E-state index in [9.17, 15) is 4.39 Å². The van der Waals surface area contributed by atoms with Crippen LogP contribution in [0.4, 0.5) is 4.39 Å².